The molecule has 0 heterocycles. The van der Waals surface area contributed by atoms with Gasteiger partial charge in [0.25, 0.3) is 0 Å². The van der Waals surface area contributed by atoms with Crippen LogP contribution in [0.15, 0.2) is 9.66 Å². The Hall–Kier alpha value is 0.140. The van der Waals surface area contributed by atoms with Crippen molar-refractivity contribution < 1.29 is 4.79 Å². The number of carbonyl (C=O) groups excluding carboxylic acids is 1. The maximum absolute atomic E-state index is 10.9. The summed E-state index contributed by atoms with van der Waals surface area (Å²) >= 11 is 2.10. The van der Waals surface area contributed by atoms with E-state index in [2.05, 4.69) is 29.5 Å². The second-order valence-corrected chi connectivity index (χ2v) is 3.68. The molecule has 0 radical (unpaired) electrons. The van der Waals surface area contributed by atoms with E-state index < -0.39 is 0 Å². The Bertz CT molecular complexity index is 160. The quantitative estimate of drug-likeness (QED) is 0.590. The molecule has 1 aliphatic rings. The summed E-state index contributed by atoms with van der Waals surface area (Å²) < 4.78 is 0.922. The summed E-state index contributed by atoms with van der Waals surface area (Å²) in [5, 5.41) is 0. The number of Topliss-reactive ketones (excluding diaryl/α,β-unsaturated/α-hetero) is 1. The largest absolute Gasteiger partial charge is 0.294 e. The predicted octanol–water partition coefficient (Wildman–Crippen LogP) is 2.30. The Kier molecular flexibility index (Phi) is 2.27. The molecule has 0 spiro atoms. The maximum Gasteiger partial charge on any atom is 0.168 e. The molecule has 0 N–H and O–H groups in total. The molecule has 1 nitrogen and oxygen atoms in total. The first-order chi connectivity index (χ1) is 4.20. The average Bonchev–Trinajstić information content (AvgIpc) is 1.80. The third-order valence-electron chi connectivity index (χ3n) is 1.50. The van der Waals surface area contributed by atoms with Gasteiger partial charge in [-0.15, -0.1) is 0 Å². The van der Waals surface area contributed by atoms with E-state index in [1.807, 2.05) is 6.08 Å². The van der Waals surface area contributed by atoms with E-state index in [4.69, 9.17) is 0 Å². The smallest absolute Gasteiger partial charge is 0.168 e. The minimum absolute atomic E-state index is 0.314. The lowest BCUT2D eigenvalue weighted by Crippen LogP contribution is -2.09. The van der Waals surface area contributed by atoms with Crippen molar-refractivity contribution in [1.82, 2.24) is 0 Å². The van der Waals surface area contributed by atoms with Gasteiger partial charge in [0.05, 0.1) is 3.58 Å². The summed E-state index contributed by atoms with van der Waals surface area (Å²) in [5.41, 5.74) is 0. The monoisotopic (exact) mass is 236 g/mol. The molecule has 0 saturated carbocycles. The molecule has 0 aromatic heterocycles. The molecule has 0 aromatic carbocycles. The molecule has 1 atom stereocenters. The fourth-order valence-corrected chi connectivity index (χ4v) is 1.39. The number of hydrogen-bond acceptors (Lipinski definition) is 1. The van der Waals surface area contributed by atoms with Crippen molar-refractivity contribution in [3.05, 3.63) is 9.66 Å². The zero-order valence-electron chi connectivity index (χ0n) is 5.36. The standard InChI is InChI=1S/C7H9IO/c1-5-2-3-6(8)7(9)4-5/h3,5H,2,4H2,1H3/t5-/m0/s1. The fourth-order valence-electron chi connectivity index (χ4n) is 0.916. The molecule has 50 valence electrons. The molecule has 1 aliphatic carbocycles. The molecule has 0 saturated heterocycles. The molecule has 0 aliphatic heterocycles. The van der Waals surface area contributed by atoms with Crippen LogP contribution in [0.1, 0.15) is 19.8 Å². The fraction of sp³-hybridized carbons (Fsp3) is 0.571. The zero-order chi connectivity index (χ0) is 6.85. The van der Waals surface area contributed by atoms with Crippen LogP contribution in [0.25, 0.3) is 0 Å². The first kappa shape index (κ1) is 7.25. The van der Waals surface area contributed by atoms with Crippen molar-refractivity contribution in [2.45, 2.75) is 19.8 Å². The Morgan fingerprint density at radius 1 is 1.78 bits per heavy atom. The average molecular weight is 236 g/mol. The Labute approximate surface area is 68.7 Å². The third kappa shape index (κ3) is 1.78. The molecule has 0 bridgehead atoms. The van der Waals surface area contributed by atoms with Crippen LogP contribution in [-0.2, 0) is 4.79 Å². The summed E-state index contributed by atoms with van der Waals surface area (Å²) in [5.74, 6) is 0.880. The minimum Gasteiger partial charge on any atom is -0.294 e. The van der Waals surface area contributed by atoms with Crippen LogP contribution in [0.2, 0.25) is 0 Å². The van der Waals surface area contributed by atoms with E-state index in [0.717, 1.165) is 16.4 Å². The zero-order valence-corrected chi connectivity index (χ0v) is 7.51. The Balaban J connectivity index is 2.68. The number of hydrogen-bond donors (Lipinski definition) is 0. The summed E-state index contributed by atoms with van der Waals surface area (Å²) in [7, 11) is 0. The predicted molar refractivity (Wildman–Crippen MR) is 45.5 cm³/mol. The number of rotatable bonds is 0. The molecule has 0 unspecified atom stereocenters. The van der Waals surface area contributed by atoms with Gasteiger partial charge in [-0.2, -0.15) is 0 Å². The normalized spacial score (nSPS) is 28.0. The van der Waals surface area contributed by atoms with Crippen molar-refractivity contribution in [3.63, 3.8) is 0 Å². The van der Waals surface area contributed by atoms with E-state index in [1.165, 1.54) is 0 Å². The highest BCUT2D eigenvalue weighted by Crippen LogP contribution is 2.23. The van der Waals surface area contributed by atoms with Gasteiger partial charge >= 0.3 is 0 Å². The summed E-state index contributed by atoms with van der Waals surface area (Å²) in [4.78, 5) is 10.9. The van der Waals surface area contributed by atoms with Crippen LogP contribution in [0, 0.1) is 5.92 Å². The highest BCUT2D eigenvalue weighted by atomic mass is 127. The SMILES string of the molecule is C[C@H]1CC=C(I)C(=O)C1. The van der Waals surface area contributed by atoms with Gasteiger partial charge in [-0.3, -0.25) is 4.79 Å². The number of allylic oxidation sites excluding steroid dienone is 2. The number of carbonyl (C=O) groups is 1. The van der Waals surface area contributed by atoms with Crippen LogP contribution in [-0.4, -0.2) is 5.78 Å². The van der Waals surface area contributed by atoms with Crippen molar-refractivity contribution in [3.8, 4) is 0 Å². The van der Waals surface area contributed by atoms with E-state index in [0.29, 0.717) is 11.7 Å². The second-order valence-electron chi connectivity index (χ2n) is 2.52. The summed E-state index contributed by atoms with van der Waals surface area (Å²) in [6.45, 7) is 2.11. The van der Waals surface area contributed by atoms with Crippen molar-refractivity contribution >= 4 is 28.4 Å². The molecular formula is C7H9IO. The van der Waals surface area contributed by atoms with E-state index in [-0.39, 0.29) is 0 Å². The van der Waals surface area contributed by atoms with Gasteiger partial charge in [0.15, 0.2) is 5.78 Å². The van der Waals surface area contributed by atoms with Gasteiger partial charge in [0.2, 0.25) is 0 Å². The Morgan fingerprint density at radius 3 is 2.89 bits per heavy atom. The first-order valence-electron chi connectivity index (χ1n) is 3.09. The van der Waals surface area contributed by atoms with Crippen LogP contribution >= 0.6 is 22.6 Å². The van der Waals surface area contributed by atoms with Crippen molar-refractivity contribution in [1.29, 1.82) is 0 Å². The molecule has 0 aromatic rings. The highest BCUT2D eigenvalue weighted by molar-refractivity contribution is 14.1. The topological polar surface area (TPSA) is 17.1 Å². The summed E-state index contributed by atoms with van der Waals surface area (Å²) in [6.07, 6.45) is 3.84. The molecule has 2 heteroatoms. The van der Waals surface area contributed by atoms with Crippen molar-refractivity contribution in [2.24, 2.45) is 5.92 Å². The molecular weight excluding hydrogens is 227 g/mol. The van der Waals surface area contributed by atoms with Gasteiger partial charge in [-0.25, -0.2) is 0 Å². The molecule has 0 amide bonds. The molecule has 1 rings (SSSR count). The lowest BCUT2D eigenvalue weighted by atomic mass is 9.96. The second kappa shape index (κ2) is 2.82. The van der Waals surface area contributed by atoms with E-state index >= 15 is 0 Å². The van der Waals surface area contributed by atoms with Gasteiger partial charge in [0.1, 0.15) is 0 Å². The lowest BCUT2D eigenvalue weighted by molar-refractivity contribution is -0.115. The first-order valence-corrected chi connectivity index (χ1v) is 4.17. The van der Waals surface area contributed by atoms with E-state index in [1.54, 1.807) is 0 Å². The Morgan fingerprint density at radius 2 is 2.44 bits per heavy atom. The summed E-state index contributed by atoms with van der Waals surface area (Å²) in [6, 6.07) is 0. The van der Waals surface area contributed by atoms with Crippen molar-refractivity contribution in [2.75, 3.05) is 0 Å². The van der Waals surface area contributed by atoms with Crippen LogP contribution in [0.5, 0.6) is 0 Å². The van der Waals surface area contributed by atoms with Crippen LogP contribution < -0.4 is 0 Å². The number of ketones is 1. The van der Waals surface area contributed by atoms with Gasteiger partial charge < -0.3 is 0 Å². The number of halogens is 1. The van der Waals surface area contributed by atoms with Gasteiger partial charge in [0, 0.05) is 6.42 Å². The van der Waals surface area contributed by atoms with Gasteiger partial charge in [-0.05, 0) is 34.9 Å². The maximum atomic E-state index is 10.9. The molecule has 0 fully saturated rings. The van der Waals surface area contributed by atoms with Crippen LogP contribution in [0.4, 0.5) is 0 Å². The van der Waals surface area contributed by atoms with E-state index in [9.17, 15) is 4.79 Å². The third-order valence-corrected chi connectivity index (χ3v) is 2.54. The highest BCUT2D eigenvalue weighted by Gasteiger charge is 2.15. The van der Waals surface area contributed by atoms with Crippen LogP contribution in [0.3, 0.4) is 0 Å². The minimum atomic E-state index is 0.314. The van der Waals surface area contributed by atoms with Gasteiger partial charge in [-0.1, -0.05) is 13.0 Å². The lowest BCUT2D eigenvalue weighted by Gasteiger charge is -2.12. The molecule has 9 heavy (non-hydrogen) atoms.